The summed E-state index contributed by atoms with van der Waals surface area (Å²) in [7, 11) is 0. The third kappa shape index (κ3) is 5.21. The fourth-order valence-corrected chi connectivity index (χ4v) is 5.33. The second-order valence-corrected chi connectivity index (χ2v) is 9.37. The molecule has 3 unspecified atom stereocenters. The van der Waals surface area contributed by atoms with Crippen LogP contribution in [0.25, 0.3) is 0 Å². The van der Waals surface area contributed by atoms with E-state index in [1.165, 1.54) is 0 Å². The van der Waals surface area contributed by atoms with Crippen molar-refractivity contribution in [2.75, 3.05) is 5.75 Å². The molecule has 0 saturated carbocycles. The van der Waals surface area contributed by atoms with E-state index in [0.717, 1.165) is 17.5 Å². The van der Waals surface area contributed by atoms with Gasteiger partial charge >= 0.3 is 0 Å². The highest BCUT2D eigenvalue weighted by atomic mass is 32.2. The van der Waals surface area contributed by atoms with Gasteiger partial charge in [0.1, 0.15) is 6.04 Å². The number of aryl methyl sites for hydroxylation is 1. The summed E-state index contributed by atoms with van der Waals surface area (Å²) in [6, 6.07) is 17.0. The Morgan fingerprint density at radius 3 is 2.48 bits per heavy atom. The lowest BCUT2D eigenvalue weighted by Gasteiger charge is -2.30. The van der Waals surface area contributed by atoms with Gasteiger partial charge in [-0.2, -0.15) is 0 Å². The second-order valence-electron chi connectivity index (χ2n) is 8.16. The minimum Gasteiger partial charge on any atom is -0.348 e. The monoisotopic (exact) mass is 410 g/mol. The Kier molecular flexibility index (Phi) is 7.01. The summed E-state index contributed by atoms with van der Waals surface area (Å²) in [6.45, 7) is 8.27. The molecule has 2 aromatic rings. The standard InChI is InChI=1S/C24H30N2O2S/c1-16(2)13-22-26(24(28)20-12-8-9-17(3)14-20)21(15-29-22)23(27)25-18(4)19-10-6-5-7-11-19/h5-12,14,16,18,21-22H,13,15H2,1-4H3,(H,25,27). The van der Waals surface area contributed by atoms with E-state index in [9.17, 15) is 9.59 Å². The van der Waals surface area contributed by atoms with Crippen molar-refractivity contribution in [1.82, 2.24) is 10.2 Å². The lowest BCUT2D eigenvalue weighted by molar-refractivity contribution is -0.125. The first-order valence-corrected chi connectivity index (χ1v) is 11.3. The van der Waals surface area contributed by atoms with E-state index in [4.69, 9.17) is 0 Å². The normalized spacial score (nSPS) is 20.0. The molecule has 0 aliphatic carbocycles. The first-order valence-electron chi connectivity index (χ1n) is 10.2. The summed E-state index contributed by atoms with van der Waals surface area (Å²) in [5, 5.41) is 3.13. The van der Waals surface area contributed by atoms with Gasteiger partial charge in [-0.25, -0.2) is 0 Å². The number of hydrogen-bond donors (Lipinski definition) is 1. The Balaban J connectivity index is 1.81. The van der Waals surface area contributed by atoms with E-state index in [-0.39, 0.29) is 23.2 Å². The number of carbonyl (C=O) groups is 2. The molecular weight excluding hydrogens is 380 g/mol. The average Bonchev–Trinajstić information content (AvgIpc) is 3.11. The number of nitrogens with zero attached hydrogens (tertiary/aromatic N) is 1. The maximum Gasteiger partial charge on any atom is 0.255 e. The number of hydrogen-bond acceptors (Lipinski definition) is 3. The molecule has 0 spiro atoms. The fourth-order valence-electron chi connectivity index (χ4n) is 3.68. The molecule has 0 radical (unpaired) electrons. The molecule has 1 heterocycles. The summed E-state index contributed by atoms with van der Waals surface area (Å²) in [4.78, 5) is 28.4. The zero-order valence-corrected chi connectivity index (χ0v) is 18.4. The zero-order chi connectivity index (χ0) is 21.0. The molecule has 3 rings (SSSR count). The number of amides is 2. The highest BCUT2D eigenvalue weighted by Crippen LogP contribution is 2.35. The highest BCUT2D eigenvalue weighted by Gasteiger charge is 2.42. The molecule has 1 aliphatic heterocycles. The number of thioether (sulfide) groups is 1. The van der Waals surface area contributed by atoms with Crippen molar-refractivity contribution in [1.29, 1.82) is 0 Å². The van der Waals surface area contributed by atoms with Crippen molar-refractivity contribution in [2.45, 2.75) is 51.6 Å². The molecule has 2 amide bonds. The van der Waals surface area contributed by atoms with E-state index >= 15 is 0 Å². The Morgan fingerprint density at radius 2 is 1.83 bits per heavy atom. The Hall–Kier alpha value is -2.27. The number of benzene rings is 2. The molecular formula is C24H30N2O2S. The van der Waals surface area contributed by atoms with Gasteiger partial charge < -0.3 is 10.2 Å². The van der Waals surface area contributed by atoms with Crippen LogP contribution in [-0.2, 0) is 4.79 Å². The van der Waals surface area contributed by atoms with Gasteiger partial charge in [0.15, 0.2) is 0 Å². The molecule has 0 aromatic heterocycles. The SMILES string of the molecule is Cc1cccc(C(=O)N2C(CC(C)C)SCC2C(=O)NC(C)c2ccccc2)c1. The van der Waals surface area contributed by atoms with Gasteiger partial charge in [0.25, 0.3) is 5.91 Å². The summed E-state index contributed by atoms with van der Waals surface area (Å²) in [5.74, 6) is 0.936. The third-order valence-corrected chi connectivity index (χ3v) is 6.54. The van der Waals surface area contributed by atoms with Crippen LogP contribution in [0.2, 0.25) is 0 Å². The first-order chi connectivity index (χ1) is 13.9. The van der Waals surface area contributed by atoms with Crippen LogP contribution in [0.5, 0.6) is 0 Å². The van der Waals surface area contributed by atoms with E-state index < -0.39 is 6.04 Å². The van der Waals surface area contributed by atoms with Gasteiger partial charge in [-0.15, -0.1) is 11.8 Å². The van der Waals surface area contributed by atoms with Crippen LogP contribution in [-0.4, -0.2) is 33.9 Å². The lowest BCUT2D eigenvalue weighted by atomic mass is 10.1. The number of carbonyl (C=O) groups excluding carboxylic acids is 2. The lowest BCUT2D eigenvalue weighted by Crippen LogP contribution is -2.50. The minimum atomic E-state index is -0.456. The van der Waals surface area contributed by atoms with Crippen molar-refractivity contribution >= 4 is 23.6 Å². The molecule has 1 saturated heterocycles. The summed E-state index contributed by atoms with van der Waals surface area (Å²) < 4.78 is 0. The van der Waals surface area contributed by atoms with Crippen LogP contribution in [0.1, 0.15) is 54.7 Å². The summed E-state index contributed by atoms with van der Waals surface area (Å²) >= 11 is 1.71. The predicted molar refractivity (Wildman–Crippen MR) is 120 cm³/mol. The van der Waals surface area contributed by atoms with Crippen molar-refractivity contribution < 1.29 is 9.59 Å². The Bertz CT molecular complexity index is 853. The van der Waals surface area contributed by atoms with Gasteiger partial charge in [-0.3, -0.25) is 9.59 Å². The first kappa shape index (κ1) is 21.4. The second kappa shape index (κ2) is 9.49. The Morgan fingerprint density at radius 1 is 1.10 bits per heavy atom. The van der Waals surface area contributed by atoms with E-state index in [1.807, 2.05) is 73.3 Å². The number of nitrogens with one attached hydrogen (secondary N) is 1. The molecule has 0 bridgehead atoms. The van der Waals surface area contributed by atoms with E-state index in [1.54, 1.807) is 11.8 Å². The van der Waals surface area contributed by atoms with Gasteiger partial charge in [0.2, 0.25) is 5.91 Å². The molecule has 4 nitrogen and oxygen atoms in total. The molecule has 3 atom stereocenters. The number of rotatable bonds is 6. The van der Waals surface area contributed by atoms with Gasteiger partial charge in [-0.1, -0.05) is 61.9 Å². The fraction of sp³-hybridized carbons (Fsp3) is 0.417. The van der Waals surface area contributed by atoms with Crippen LogP contribution in [0.4, 0.5) is 0 Å². The van der Waals surface area contributed by atoms with Crippen molar-refractivity contribution in [2.24, 2.45) is 5.92 Å². The largest absolute Gasteiger partial charge is 0.348 e. The highest BCUT2D eigenvalue weighted by molar-refractivity contribution is 8.00. The smallest absolute Gasteiger partial charge is 0.255 e. The van der Waals surface area contributed by atoms with Crippen molar-refractivity contribution in [3.8, 4) is 0 Å². The zero-order valence-electron chi connectivity index (χ0n) is 17.6. The molecule has 1 aliphatic rings. The average molecular weight is 411 g/mol. The summed E-state index contributed by atoms with van der Waals surface area (Å²) in [5.41, 5.74) is 2.75. The van der Waals surface area contributed by atoms with E-state index in [2.05, 4.69) is 19.2 Å². The molecule has 154 valence electrons. The van der Waals surface area contributed by atoms with Gasteiger partial charge in [0, 0.05) is 11.3 Å². The molecule has 1 fully saturated rings. The van der Waals surface area contributed by atoms with Crippen molar-refractivity contribution in [3.63, 3.8) is 0 Å². The molecule has 29 heavy (non-hydrogen) atoms. The van der Waals surface area contributed by atoms with Gasteiger partial charge in [0.05, 0.1) is 11.4 Å². The van der Waals surface area contributed by atoms with Crippen molar-refractivity contribution in [3.05, 3.63) is 71.3 Å². The van der Waals surface area contributed by atoms with Crippen LogP contribution in [0, 0.1) is 12.8 Å². The van der Waals surface area contributed by atoms with Crippen LogP contribution >= 0.6 is 11.8 Å². The predicted octanol–water partition coefficient (Wildman–Crippen LogP) is 4.80. The maximum atomic E-state index is 13.4. The topological polar surface area (TPSA) is 49.4 Å². The summed E-state index contributed by atoms with van der Waals surface area (Å²) in [6.07, 6.45) is 0.875. The molecule has 2 aromatic carbocycles. The molecule has 1 N–H and O–H groups in total. The quantitative estimate of drug-likeness (QED) is 0.744. The third-order valence-electron chi connectivity index (χ3n) is 5.23. The van der Waals surface area contributed by atoms with Gasteiger partial charge in [-0.05, 0) is 43.9 Å². The molecule has 5 heteroatoms. The van der Waals surface area contributed by atoms with Crippen LogP contribution < -0.4 is 5.32 Å². The minimum absolute atomic E-state index is 0.0193. The van der Waals surface area contributed by atoms with Crippen LogP contribution in [0.15, 0.2) is 54.6 Å². The maximum absolute atomic E-state index is 13.4. The Labute approximate surface area is 178 Å². The van der Waals surface area contributed by atoms with E-state index in [0.29, 0.717) is 17.2 Å². The van der Waals surface area contributed by atoms with Crippen LogP contribution in [0.3, 0.4) is 0 Å².